The van der Waals surface area contributed by atoms with Gasteiger partial charge in [0.05, 0.1) is 4.90 Å². The number of nitrogens with one attached hydrogen (secondary N) is 1. The Labute approximate surface area is 128 Å². The maximum Gasteiger partial charge on any atom is 0.218 e. The summed E-state index contributed by atoms with van der Waals surface area (Å²) in [6.07, 6.45) is 1.18. The molecule has 2 aromatic carbocycles. The van der Waals surface area contributed by atoms with Gasteiger partial charge in [-0.3, -0.25) is 0 Å². The zero-order valence-corrected chi connectivity index (χ0v) is 12.4. The summed E-state index contributed by atoms with van der Waals surface area (Å²) >= 11 is 5.73. The molecule has 0 heterocycles. The lowest BCUT2D eigenvalue weighted by atomic mass is 10.3. The van der Waals surface area contributed by atoms with Crippen LogP contribution in [0.4, 0.5) is 5.69 Å². The third kappa shape index (κ3) is 3.63. The number of sulfone groups is 1. The van der Waals surface area contributed by atoms with Gasteiger partial charge in [0.25, 0.3) is 0 Å². The van der Waals surface area contributed by atoms with E-state index in [2.05, 4.69) is 5.32 Å². The molecule has 2 aromatic rings. The van der Waals surface area contributed by atoms with Crippen molar-refractivity contribution in [2.75, 3.05) is 5.32 Å². The van der Waals surface area contributed by atoms with Crippen molar-refractivity contribution in [3.05, 3.63) is 70.7 Å². The van der Waals surface area contributed by atoms with E-state index in [1.165, 1.54) is 30.5 Å². The van der Waals surface area contributed by atoms with E-state index < -0.39 is 9.84 Å². The number of para-hydroxylation sites is 1. The summed E-state index contributed by atoms with van der Waals surface area (Å²) in [7, 11) is -3.86. The standard InChI is InChI=1S/C15H11ClN2O2S/c16-12-6-8-14(9-7-12)21(19,20)15(10-17)11-18-13-4-2-1-3-5-13/h1-9,11,18H. The molecule has 0 unspecified atom stereocenters. The van der Waals surface area contributed by atoms with Crippen LogP contribution in [0.5, 0.6) is 0 Å². The molecular formula is C15H11ClN2O2S. The van der Waals surface area contributed by atoms with Gasteiger partial charge in [0.15, 0.2) is 4.91 Å². The first-order valence-corrected chi connectivity index (χ1v) is 7.82. The third-order valence-corrected chi connectivity index (χ3v) is 4.60. The Kier molecular flexibility index (Phi) is 4.63. The minimum atomic E-state index is -3.86. The number of allylic oxidation sites excluding steroid dienone is 1. The minimum absolute atomic E-state index is 0.0227. The van der Waals surface area contributed by atoms with Gasteiger partial charge in [0.1, 0.15) is 6.07 Å². The number of anilines is 1. The van der Waals surface area contributed by atoms with Crippen LogP contribution in [-0.4, -0.2) is 8.42 Å². The topological polar surface area (TPSA) is 70.0 Å². The second kappa shape index (κ2) is 6.44. The Balaban J connectivity index is 2.32. The van der Waals surface area contributed by atoms with Crippen molar-refractivity contribution in [3.8, 4) is 6.07 Å². The average molecular weight is 319 g/mol. The fourth-order valence-corrected chi connectivity index (χ4v) is 2.80. The SMILES string of the molecule is N#CC(=CNc1ccccc1)S(=O)(=O)c1ccc(Cl)cc1. The van der Waals surface area contributed by atoms with Gasteiger partial charge in [0, 0.05) is 16.9 Å². The maximum absolute atomic E-state index is 12.3. The van der Waals surface area contributed by atoms with E-state index in [0.29, 0.717) is 10.7 Å². The van der Waals surface area contributed by atoms with E-state index in [1.54, 1.807) is 30.3 Å². The highest BCUT2D eigenvalue weighted by Crippen LogP contribution is 2.21. The molecule has 0 bridgehead atoms. The van der Waals surface area contributed by atoms with Gasteiger partial charge in [-0.15, -0.1) is 0 Å². The Bertz CT molecular complexity index is 792. The van der Waals surface area contributed by atoms with Crippen LogP contribution < -0.4 is 5.32 Å². The fraction of sp³-hybridized carbons (Fsp3) is 0. The zero-order chi connectivity index (χ0) is 15.3. The van der Waals surface area contributed by atoms with Gasteiger partial charge < -0.3 is 5.32 Å². The molecule has 0 saturated heterocycles. The van der Waals surface area contributed by atoms with Crippen molar-refractivity contribution in [3.63, 3.8) is 0 Å². The van der Waals surface area contributed by atoms with Gasteiger partial charge in [-0.25, -0.2) is 8.42 Å². The second-order valence-electron chi connectivity index (χ2n) is 4.09. The monoisotopic (exact) mass is 318 g/mol. The summed E-state index contributed by atoms with van der Waals surface area (Å²) in [5, 5.41) is 12.3. The molecule has 21 heavy (non-hydrogen) atoms. The van der Waals surface area contributed by atoms with Crippen molar-refractivity contribution >= 4 is 27.1 Å². The number of halogens is 1. The predicted molar refractivity (Wildman–Crippen MR) is 82.4 cm³/mol. The number of rotatable bonds is 4. The molecule has 0 fully saturated rings. The normalized spacial score (nSPS) is 11.7. The van der Waals surface area contributed by atoms with Crippen molar-refractivity contribution in [2.24, 2.45) is 0 Å². The Hall–Kier alpha value is -2.29. The van der Waals surface area contributed by atoms with E-state index in [-0.39, 0.29) is 9.80 Å². The van der Waals surface area contributed by atoms with Gasteiger partial charge in [-0.1, -0.05) is 29.8 Å². The quantitative estimate of drug-likeness (QED) is 0.875. The Morgan fingerprint density at radius 2 is 1.71 bits per heavy atom. The Morgan fingerprint density at radius 3 is 2.29 bits per heavy atom. The fourth-order valence-electron chi connectivity index (χ4n) is 1.59. The van der Waals surface area contributed by atoms with Gasteiger partial charge in [0.2, 0.25) is 9.84 Å². The third-order valence-electron chi connectivity index (χ3n) is 2.67. The van der Waals surface area contributed by atoms with Crippen LogP contribution in [0.3, 0.4) is 0 Å². The van der Waals surface area contributed by atoms with Crippen LogP contribution in [0.25, 0.3) is 0 Å². The second-order valence-corrected chi connectivity index (χ2v) is 6.44. The molecule has 0 aromatic heterocycles. The molecule has 0 aliphatic heterocycles. The van der Waals surface area contributed by atoms with Crippen LogP contribution >= 0.6 is 11.6 Å². The number of nitriles is 1. The predicted octanol–water partition coefficient (Wildman–Crippen LogP) is 3.59. The first kappa shape index (κ1) is 15.1. The van der Waals surface area contributed by atoms with Crippen molar-refractivity contribution in [1.29, 1.82) is 5.26 Å². The van der Waals surface area contributed by atoms with Gasteiger partial charge >= 0.3 is 0 Å². The maximum atomic E-state index is 12.3. The highest BCUT2D eigenvalue weighted by atomic mass is 35.5. The summed E-state index contributed by atoms with van der Waals surface area (Å²) in [6.45, 7) is 0. The van der Waals surface area contributed by atoms with E-state index >= 15 is 0 Å². The van der Waals surface area contributed by atoms with Crippen molar-refractivity contribution < 1.29 is 8.42 Å². The number of benzene rings is 2. The van der Waals surface area contributed by atoms with Crippen LogP contribution in [0.2, 0.25) is 5.02 Å². The smallest absolute Gasteiger partial charge is 0.218 e. The van der Waals surface area contributed by atoms with E-state index in [1.807, 2.05) is 6.07 Å². The van der Waals surface area contributed by atoms with Crippen LogP contribution in [0, 0.1) is 11.3 Å². The lowest BCUT2D eigenvalue weighted by Crippen LogP contribution is -2.05. The van der Waals surface area contributed by atoms with E-state index in [0.717, 1.165) is 0 Å². The highest BCUT2D eigenvalue weighted by Gasteiger charge is 2.20. The van der Waals surface area contributed by atoms with Crippen LogP contribution in [0.15, 0.2) is 70.6 Å². The zero-order valence-electron chi connectivity index (χ0n) is 10.8. The lowest BCUT2D eigenvalue weighted by molar-refractivity contribution is 0.603. The number of hydrogen-bond donors (Lipinski definition) is 1. The molecule has 0 aliphatic rings. The summed E-state index contributed by atoms with van der Waals surface area (Å²) in [5.41, 5.74) is 0.691. The molecule has 0 saturated carbocycles. The molecule has 0 aliphatic carbocycles. The highest BCUT2D eigenvalue weighted by molar-refractivity contribution is 7.95. The number of hydrogen-bond acceptors (Lipinski definition) is 4. The molecule has 2 rings (SSSR count). The minimum Gasteiger partial charge on any atom is -0.360 e. The summed E-state index contributed by atoms with van der Waals surface area (Å²) < 4.78 is 24.6. The molecule has 0 amide bonds. The molecule has 0 spiro atoms. The molecular weight excluding hydrogens is 308 g/mol. The first-order chi connectivity index (χ1) is 10.0. The van der Waals surface area contributed by atoms with Gasteiger partial charge in [-0.2, -0.15) is 5.26 Å². The molecule has 0 atom stereocenters. The van der Waals surface area contributed by atoms with Gasteiger partial charge in [-0.05, 0) is 36.4 Å². The molecule has 0 radical (unpaired) electrons. The lowest BCUT2D eigenvalue weighted by Gasteiger charge is -2.04. The van der Waals surface area contributed by atoms with E-state index in [4.69, 9.17) is 16.9 Å². The molecule has 1 N–H and O–H groups in total. The largest absolute Gasteiger partial charge is 0.360 e. The molecule has 106 valence electrons. The van der Waals surface area contributed by atoms with Crippen LogP contribution in [-0.2, 0) is 9.84 Å². The van der Waals surface area contributed by atoms with Crippen molar-refractivity contribution in [1.82, 2.24) is 0 Å². The van der Waals surface area contributed by atoms with Crippen LogP contribution in [0.1, 0.15) is 0 Å². The summed E-state index contributed by atoms with van der Waals surface area (Å²) in [6, 6.07) is 16.3. The Morgan fingerprint density at radius 1 is 1.10 bits per heavy atom. The molecule has 6 heteroatoms. The molecule has 4 nitrogen and oxygen atoms in total. The van der Waals surface area contributed by atoms with Crippen molar-refractivity contribution in [2.45, 2.75) is 4.90 Å². The van der Waals surface area contributed by atoms with E-state index in [9.17, 15) is 8.42 Å². The summed E-state index contributed by atoms with van der Waals surface area (Å²) in [5.74, 6) is 0. The summed E-state index contributed by atoms with van der Waals surface area (Å²) in [4.78, 5) is -0.344. The number of nitrogens with zero attached hydrogens (tertiary/aromatic N) is 1. The first-order valence-electron chi connectivity index (χ1n) is 5.96. The average Bonchev–Trinajstić information content (AvgIpc) is 2.49.